The van der Waals surface area contributed by atoms with Crippen molar-refractivity contribution < 1.29 is 4.74 Å². The Bertz CT molecular complexity index is 1030. The van der Waals surface area contributed by atoms with Gasteiger partial charge in [-0.1, -0.05) is 71.8 Å². The van der Waals surface area contributed by atoms with Crippen LogP contribution >= 0.6 is 0 Å². The summed E-state index contributed by atoms with van der Waals surface area (Å²) in [5, 5.41) is 7.62. The fourth-order valence-corrected chi connectivity index (χ4v) is 4.78. The lowest BCUT2D eigenvalue weighted by molar-refractivity contribution is 0.0321. The molecule has 1 aliphatic rings. The third kappa shape index (κ3) is 6.62. The third-order valence-corrected chi connectivity index (χ3v) is 6.75. The first-order chi connectivity index (χ1) is 16.5. The molecule has 0 saturated carbocycles. The van der Waals surface area contributed by atoms with Gasteiger partial charge < -0.3 is 20.3 Å². The number of nitrogens with zero attached hydrogens (tertiary/aromatic N) is 1. The molecule has 0 aromatic heterocycles. The minimum Gasteiger partial charge on any atom is -0.384 e. The van der Waals surface area contributed by atoms with Gasteiger partial charge in [-0.25, -0.2) is 0 Å². The van der Waals surface area contributed by atoms with Gasteiger partial charge >= 0.3 is 0 Å². The number of aryl methyl sites for hydroxylation is 2. The normalized spacial score (nSPS) is 16.0. The van der Waals surface area contributed by atoms with Crippen LogP contribution in [0, 0.1) is 19.8 Å². The monoisotopic (exact) mass is 457 g/mol. The first-order valence-electron chi connectivity index (χ1n) is 12.5. The molecular weight excluding hydrogens is 418 g/mol. The van der Waals surface area contributed by atoms with Crippen molar-refractivity contribution in [3.05, 3.63) is 95.1 Å². The van der Waals surface area contributed by atoms with Crippen molar-refractivity contribution in [1.82, 2.24) is 4.90 Å². The van der Waals surface area contributed by atoms with Crippen molar-refractivity contribution in [2.75, 3.05) is 44.0 Å². The molecule has 0 bridgehead atoms. The molecule has 3 aromatic carbocycles. The van der Waals surface area contributed by atoms with Crippen molar-refractivity contribution in [1.29, 1.82) is 0 Å². The average Bonchev–Trinajstić information content (AvgIpc) is 2.81. The summed E-state index contributed by atoms with van der Waals surface area (Å²) in [6, 6.07) is 26.9. The van der Waals surface area contributed by atoms with Gasteiger partial charge in [0.2, 0.25) is 0 Å². The molecule has 4 nitrogen and oxygen atoms in total. The summed E-state index contributed by atoms with van der Waals surface area (Å²) < 4.78 is 5.35. The van der Waals surface area contributed by atoms with Crippen LogP contribution < -0.4 is 10.6 Å². The van der Waals surface area contributed by atoms with Crippen molar-refractivity contribution in [2.24, 2.45) is 5.92 Å². The first kappa shape index (κ1) is 24.3. The Morgan fingerprint density at radius 1 is 0.853 bits per heavy atom. The van der Waals surface area contributed by atoms with Crippen LogP contribution in [0.3, 0.4) is 0 Å². The smallest absolute Gasteiger partial charge is 0.0580 e. The second kappa shape index (κ2) is 11.5. The topological polar surface area (TPSA) is 36.5 Å². The summed E-state index contributed by atoms with van der Waals surface area (Å²) in [4.78, 5) is 2.54. The van der Waals surface area contributed by atoms with E-state index in [0.717, 1.165) is 44.0 Å². The van der Waals surface area contributed by atoms with Gasteiger partial charge in [-0.2, -0.15) is 0 Å². The van der Waals surface area contributed by atoms with E-state index in [2.05, 4.69) is 109 Å². The molecule has 0 spiro atoms. The number of hydrogen-bond acceptors (Lipinski definition) is 4. The fraction of sp³-hybridized carbons (Fsp3) is 0.400. The molecule has 0 amide bonds. The molecule has 1 heterocycles. The van der Waals surface area contributed by atoms with E-state index >= 15 is 0 Å². The lowest BCUT2D eigenvalue weighted by Crippen LogP contribution is -2.52. The maximum atomic E-state index is 5.35. The molecule has 34 heavy (non-hydrogen) atoms. The van der Waals surface area contributed by atoms with E-state index in [0.29, 0.717) is 12.0 Å². The molecule has 180 valence electrons. The lowest BCUT2D eigenvalue weighted by Gasteiger charge is -2.41. The number of hydrogen-bond donors (Lipinski definition) is 2. The Balaban J connectivity index is 1.47. The summed E-state index contributed by atoms with van der Waals surface area (Å²) in [6.07, 6.45) is 0.994. The van der Waals surface area contributed by atoms with Crippen LogP contribution in [0.25, 0.3) is 0 Å². The summed E-state index contributed by atoms with van der Waals surface area (Å²) in [7, 11) is 1.80. The van der Waals surface area contributed by atoms with Gasteiger partial charge in [-0.3, -0.25) is 0 Å². The Labute approximate surface area is 205 Å². The molecule has 0 radical (unpaired) electrons. The van der Waals surface area contributed by atoms with Crippen molar-refractivity contribution >= 4 is 11.4 Å². The molecule has 2 unspecified atom stereocenters. The quantitative estimate of drug-likeness (QED) is 0.366. The zero-order valence-electron chi connectivity index (χ0n) is 21.1. The maximum Gasteiger partial charge on any atom is 0.0580 e. The van der Waals surface area contributed by atoms with E-state index in [1.54, 1.807) is 7.11 Å². The van der Waals surface area contributed by atoms with Crippen LogP contribution in [0.1, 0.15) is 35.2 Å². The van der Waals surface area contributed by atoms with Gasteiger partial charge in [-0.15, -0.1) is 0 Å². The molecule has 1 fully saturated rings. The van der Waals surface area contributed by atoms with E-state index in [-0.39, 0.29) is 6.04 Å². The summed E-state index contributed by atoms with van der Waals surface area (Å²) in [5.41, 5.74) is 7.56. The van der Waals surface area contributed by atoms with E-state index in [9.17, 15) is 0 Å². The van der Waals surface area contributed by atoms with Crippen LogP contribution in [-0.2, 0) is 11.2 Å². The van der Waals surface area contributed by atoms with Crippen LogP contribution in [-0.4, -0.2) is 44.3 Å². The predicted octanol–water partition coefficient (Wildman–Crippen LogP) is 6.08. The second-order valence-corrected chi connectivity index (χ2v) is 9.89. The molecule has 3 aromatic rings. The Morgan fingerprint density at radius 2 is 1.44 bits per heavy atom. The molecule has 4 heteroatoms. The van der Waals surface area contributed by atoms with Gasteiger partial charge in [0.25, 0.3) is 0 Å². The lowest BCUT2D eigenvalue weighted by atomic mass is 9.98. The molecule has 2 atom stereocenters. The average molecular weight is 458 g/mol. The highest BCUT2D eigenvalue weighted by Crippen LogP contribution is 2.28. The zero-order chi connectivity index (χ0) is 23.9. The minimum absolute atomic E-state index is 0.226. The molecule has 4 rings (SSSR count). The van der Waals surface area contributed by atoms with Gasteiger partial charge in [0, 0.05) is 44.7 Å². The number of ether oxygens (including phenoxy) is 1. The van der Waals surface area contributed by atoms with Crippen LogP contribution in [0.5, 0.6) is 0 Å². The number of para-hydroxylation sites is 2. The number of rotatable bonds is 11. The zero-order valence-corrected chi connectivity index (χ0v) is 21.1. The van der Waals surface area contributed by atoms with Crippen LogP contribution in [0.2, 0.25) is 0 Å². The largest absolute Gasteiger partial charge is 0.384 e. The third-order valence-electron chi connectivity index (χ3n) is 6.75. The predicted molar refractivity (Wildman–Crippen MR) is 144 cm³/mol. The van der Waals surface area contributed by atoms with E-state index < -0.39 is 0 Å². The molecule has 1 aliphatic heterocycles. The number of methoxy groups -OCH3 is 1. The fourth-order valence-electron chi connectivity index (χ4n) is 4.78. The highest BCUT2D eigenvalue weighted by atomic mass is 16.5. The highest BCUT2D eigenvalue weighted by molar-refractivity contribution is 5.69. The standard InChI is InChI=1S/C30H39N3O/c1-22-9-13-25(14-10-22)17-28(20-33-18-26(19-33)21-34-4)32-30-8-6-5-7-29(30)31-24(3)27-15-11-23(2)12-16-27/h5-16,24,26,28,31-32H,17-21H2,1-4H3. The molecule has 1 saturated heterocycles. The van der Waals surface area contributed by atoms with E-state index in [1.165, 1.54) is 22.3 Å². The van der Waals surface area contributed by atoms with Gasteiger partial charge in [0.15, 0.2) is 0 Å². The van der Waals surface area contributed by atoms with Gasteiger partial charge in [-0.05, 0) is 50.5 Å². The molecule has 2 N–H and O–H groups in total. The van der Waals surface area contributed by atoms with Crippen LogP contribution in [0.4, 0.5) is 11.4 Å². The summed E-state index contributed by atoms with van der Waals surface area (Å²) >= 11 is 0. The highest BCUT2D eigenvalue weighted by Gasteiger charge is 2.28. The Morgan fingerprint density at radius 3 is 2.06 bits per heavy atom. The van der Waals surface area contributed by atoms with Gasteiger partial charge in [0.1, 0.15) is 0 Å². The summed E-state index contributed by atoms with van der Waals surface area (Å²) in [5.74, 6) is 0.661. The van der Waals surface area contributed by atoms with Gasteiger partial charge in [0.05, 0.1) is 18.0 Å². The molecular formula is C30H39N3O. The van der Waals surface area contributed by atoms with Crippen LogP contribution in [0.15, 0.2) is 72.8 Å². The molecule has 0 aliphatic carbocycles. The van der Waals surface area contributed by atoms with Crippen molar-refractivity contribution in [3.63, 3.8) is 0 Å². The minimum atomic E-state index is 0.226. The van der Waals surface area contributed by atoms with E-state index in [1.807, 2.05) is 0 Å². The van der Waals surface area contributed by atoms with Crippen molar-refractivity contribution in [2.45, 2.75) is 39.3 Å². The van der Waals surface area contributed by atoms with E-state index in [4.69, 9.17) is 4.74 Å². The number of anilines is 2. The number of nitrogens with one attached hydrogen (secondary N) is 2. The second-order valence-electron chi connectivity index (χ2n) is 9.89. The SMILES string of the molecule is COCC1CN(CC(Cc2ccc(C)cc2)Nc2ccccc2NC(C)c2ccc(C)cc2)C1. The first-order valence-corrected chi connectivity index (χ1v) is 12.5. The number of benzene rings is 3. The Hall–Kier alpha value is -2.82. The Kier molecular flexibility index (Phi) is 8.25. The maximum absolute atomic E-state index is 5.35. The number of likely N-dealkylation sites (tertiary alicyclic amines) is 1. The van der Waals surface area contributed by atoms with Crippen molar-refractivity contribution in [3.8, 4) is 0 Å². The summed E-state index contributed by atoms with van der Waals surface area (Å²) in [6.45, 7) is 10.6.